The van der Waals surface area contributed by atoms with Crippen LogP contribution < -0.4 is 5.32 Å². The molecule has 1 fully saturated rings. The summed E-state index contributed by atoms with van der Waals surface area (Å²) in [5.41, 5.74) is 0. The third-order valence-electron chi connectivity index (χ3n) is 2.06. The molecule has 0 amide bonds. The standard InChI is InChI=1S/C9H14N2O3/c1-2-13-7-5-8(11-6-7)9(12)14-4-3-10/h7-8,11H,2,4-6H2,1H3/t7-,8+/m1/s1. The van der Waals surface area contributed by atoms with Gasteiger partial charge in [0.05, 0.1) is 6.10 Å². The van der Waals surface area contributed by atoms with Crippen molar-refractivity contribution in [2.45, 2.75) is 25.5 Å². The van der Waals surface area contributed by atoms with Crippen LogP contribution in [0.1, 0.15) is 13.3 Å². The zero-order valence-electron chi connectivity index (χ0n) is 8.16. The lowest BCUT2D eigenvalue weighted by molar-refractivity contribution is -0.144. The maximum Gasteiger partial charge on any atom is 0.324 e. The molecule has 0 aromatic rings. The Hall–Kier alpha value is -1.12. The molecule has 1 aliphatic rings. The van der Waals surface area contributed by atoms with Crippen LogP contribution in [-0.2, 0) is 14.3 Å². The highest BCUT2D eigenvalue weighted by Crippen LogP contribution is 2.11. The van der Waals surface area contributed by atoms with Crippen molar-refractivity contribution in [1.82, 2.24) is 5.32 Å². The molecule has 1 N–H and O–H groups in total. The molecule has 1 heterocycles. The van der Waals surface area contributed by atoms with Crippen molar-refractivity contribution < 1.29 is 14.3 Å². The first kappa shape index (κ1) is 11.0. The van der Waals surface area contributed by atoms with Gasteiger partial charge in [0.2, 0.25) is 0 Å². The Morgan fingerprint density at radius 1 is 1.71 bits per heavy atom. The van der Waals surface area contributed by atoms with Crippen molar-refractivity contribution in [3.63, 3.8) is 0 Å². The van der Waals surface area contributed by atoms with E-state index in [0.29, 0.717) is 19.6 Å². The number of nitriles is 1. The molecule has 78 valence electrons. The van der Waals surface area contributed by atoms with E-state index in [0.717, 1.165) is 0 Å². The van der Waals surface area contributed by atoms with E-state index in [9.17, 15) is 4.79 Å². The summed E-state index contributed by atoms with van der Waals surface area (Å²) < 4.78 is 10.0. The molecule has 14 heavy (non-hydrogen) atoms. The van der Waals surface area contributed by atoms with E-state index < -0.39 is 0 Å². The summed E-state index contributed by atoms with van der Waals surface area (Å²) in [4.78, 5) is 11.3. The number of hydrogen-bond acceptors (Lipinski definition) is 5. The van der Waals surface area contributed by atoms with Gasteiger partial charge in [0.1, 0.15) is 12.1 Å². The molecule has 0 aliphatic carbocycles. The number of esters is 1. The van der Waals surface area contributed by atoms with Gasteiger partial charge in [0.15, 0.2) is 6.61 Å². The number of rotatable bonds is 4. The molecule has 0 bridgehead atoms. The van der Waals surface area contributed by atoms with E-state index >= 15 is 0 Å². The first-order chi connectivity index (χ1) is 6.77. The molecule has 1 saturated heterocycles. The van der Waals surface area contributed by atoms with E-state index in [4.69, 9.17) is 10.00 Å². The molecule has 1 rings (SSSR count). The Morgan fingerprint density at radius 2 is 2.50 bits per heavy atom. The Labute approximate surface area is 83.0 Å². The second kappa shape index (κ2) is 5.58. The van der Waals surface area contributed by atoms with Crippen LogP contribution in [0.4, 0.5) is 0 Å². The van der Waals surface area contributed by atoms with E-state index in [1.165, 1.54) is 0 Å². The predicted molar refractivity (Wildman–Crippen MR) is 48.4 cm³/mol. The summed E-state index contributed by atoms with van der Waals surface area (Å²) >= 11 is 0. The van der Waals surface area contributed by atoms with E-state index in [-0.39, 0.29) is 24.7 Å². The van der Waals surface area contributed by atoms with Crippen molar-refractivity contribution in [2.24, 2.45) is 0 Å². The second-order valence-electron chi connectivity index (χ2n) is 3.04. The monoisotopic (exact) mass is 198 g/mol. The van der Waals surface area contributed by atoms with Gasteiger partial charge in [0.25, 0.3) is 0 Å². The van der Waals surface area contributed by atoms with E-state index in [1.54, 1.807) is 6.07 Å². The maximum absolute atomic E-state index is 11.3. The zero-order chi connectivity index (χ0) is 10.4. The molecular weight excluding hydrogens is 184 g/mol. The molecule has 5 nitrogen and oxygen atoms in total. The van der Waals surface area contributed by atoms with Crippen LogP contribution in [0.3, 0.4) is 0 Å². The fraction of sp³-hybridized carbons (Fsp3) is 0.778. The molecule has 0 aromatic carbocycles. The van der Waals surface area contributed by atoms with Crippen molar-refractivity contribution in [3.8, 4) is 6.07 Å². The van der Waals surface area contributed by atoms with Crippen LogP contribution in [0, 0.1) is 11.3 Å². The van der Waals surface area contributed by atoms with Crippen LogP contribution in [-0.4, -0.2) is 37.9 Å². The van der Waals surface area contributed by atoms with Crippen LogP contribution in [0.25, 0.3) is 0 Å². The van der Waals surface area contributed by atoms with Crippen molar-refractivity contribution in [3.05, 3.63) is 0 Å². The van der Waals surface area contributed by atoms with Gasteiger partial charge in [-0.2, -0.15) is 5.26 Å². The Kier molecular flexibility index (Phi) is 4.36. The van der Waals surface area contributed by atoms with Gasteiger partial charge in [-0.05, 0) is 6.92 Å². The number of nitrogens with zero attached hydrogens (tertiary/aromatic N) is 1. The van der Waals surface area contributed by atoms with Gasteiger partial charge in [-0.25, -0.2) is 0 Å². The molecule has 2 atom stereocenters. The van der Waals surface area contributed by atoms with Gasteiger partial charge in [-0.1, -0.05) is 0 Å². The van der Waals surface area contributed by atoms with Gasteiger partial charge in [-0.15, -0.1) is 0 Å². The smallest absolute Gasteiger partial charge is 0.324 e. The lowest BCUT2D eigenvalue weighted by atomic mass is 10.2. The molecule has 0 aromatic heterocycles. The molecule has 0 spiro atoms. The van der Waals surface area contributed by atoms with Gasteiger partial charge in [0, 0.05) is 19.6 Å². The van der Waals surface area contributed by atoms with Crippen LogP contribution in [0.15, 0.2) is 0 Å². The SMILES string of the molecule is CCO[C@H]1CN[C@H](C(=O)OCC#N)C1. The maximum atomic E-state index is 11.3. The lowest BCUT2D eigenvalue weighted by Crippen LogP contribution is -2.32. The first-order valence-electron chi connectivity index (χ1n) is 4.66. The van der Waals surface area contributed by atoms with Gasteiger partial charge >= 0.3 is 5.97 Å². The molecular formula is C9H14N2O3. The van der Waals surface area contributed by atoms with Crippen molar-refractivity contribution >= 4 is 5.97 Å². The largest absolute Gasteiger partial charge is 0.449 e. The van der Waals surface area contributed by atoms with Gasteiger partial charge < -0.3 is 14.8 Å². The highest BCUT2D eigenvalue weighted by Gasteiger charge is 2.30. The normalized spacial score (nSPS) is 25.7. The minimum absolute atomic E-state index is 0.0830. The quantitative estimate of drug-likeness (QED) is 0.634. The molecule has 0 unspecified atom stereocenters. The third kappa shape index (κ3) is 2.98. The number of nitrogens with one attached hydrogen (secondary N) is 1. The van der Waals surface area contributed by atoms with Crippen LogP contribution in [0.5, 0.6) is 0 Å². The summed E-state index contributed by atoms with van der Waals surface area (Å²) in [7, 11) is 0. The topological polar surface area (TPSA) is 71.3 Å². The molecule has 0 saturated carbocycles. The predicted octanol–water partition coefficient (Wildman–Crippen LogP) is -0.180. The second-order valence-corrected chi connectivity index (χ2v) is 3.04. The van der Waals surface area contributed by atoms with Crippen LogP contribution in [0.2, 0.25) is 0 Å². The summed E-state index contributed by atoms with van der Waals surface area (Å²) in [5.74, 6) is -0.367. The minimum atomic E-state index is -0.367. The highest BCUT2D eigenvalue weighted by atomic mass is 16.5. The van der Waals surface area contributed by atoms with E-state index in [1.807, 2.05) is 6.92 Å². The number of ether oxygens (including phenoxy) is 2. The third-order valence-corrected chi connectivity index (χ3v) is 2.06. The van der Waals surface area contributed by atoms with E-state index in [2.05, 4.69) is 10.1 Å². The van der Waals surface area contributed by atoms with Gasteiger partial charge in [-0.3, -0.25) is 4.79 Å². The highest BCUT2D eigenvalue weighted by molar-refractivity contribution is 5.76. The number of hydrogen-bond donors (Lipinski definition) is 1. The average Bonchev–Trinajstić information content (AvgIpc) is 2.63. The van der Waals surface area contributed by atoms with Crippen LogP contribution >= 0.6 is 0 Å². The van der Waals surface area contributed by atoms with Crippen molar-refractivity contribution in [1.29, 1.82) is 5.26 Å². The Morgan fingerprint density at radius 3 is 3.14 bits per heavy atom. The fourth-order valence-corrected chi connectivity index (χ4v) is 1.45. The minimum Gasteiger partial charge on any atom is -0.449 e. The summed E-state index contributed by atoms with van der Waals surface area (Å²) in [5, 5.41) is 11.2. The molecule has 0 radical (unpaired) electrons. The summed E-state index contributed by atoms with van der Waals surface area (Å²) in [6.45, 7) is 3.05. The lowest BCUT2D eigenvalue weighted by Gasteiger charge is -2.08. The summed E-state index contributed by atoms with van der Waals surface area (Å²) in [6, 6.07) is 1.44. The first-order valence-corrected chi connectivity index (χ1v) is 4.66. The fourth-order valence-electron chi connectivity index (χ4n) is 1.45. The zero-order valence-corrected chi connectivity index (χ0v) is 8.16. The molecule has 1 aliphatic heterocycles. The van der Waals surface area contributed by atoms with Crippen molar-refractivity contribution in [2.75, 3.05) is 19.8 Å². The summed E-state index contributed by atoms with van der Waals surface area (Å²) in [6.07, 6.45) is 0.706. The molecule has 5 heteroatoms. The Bertz CT molecular complexity index is 237. The number of carbonyl (C=O) groups excluding carboxylic acids is 1. The average molecular weight is 198 g/mol. The Balaban J connectivity index is 2.27. The number of carbonyl (C=O) groups is 1.